The smallest absolute Gasteiger partial charge is 0.0884 e. The van der Waals surface area contributed by atoms with Crippen LogP contribution in [0.5, 0.6) is 0 Å². The third-order valence-electron chi connectivity index (χ3n) is 2.01. The van der Waals surface area contributed by atoms with Crippen LogP contribution >= 0.6 is 0 Å². The molecule has 1 heterocycles. The second-order valence-electron chi connectivity index (χ2n) is 3.45. The van der Waals surface area contributed by atoms with Crippen molar-refractivity contribution in [1.29, 1.82) is 0 Å². The molecule has 0 spiro atoms. The molecular formula is C9H17N3. The third kappa shape index (κ3) is 1.65. The highest BCUT2D eigenvalue weighted by atomic mass is 15.4. The standard InChI is InChI=1S/C9H17N3/c1-5-6-8-9(7(2)3)10-11-12(8)4/h7H,5-6H2,1-4H3. The maximum atomic E-state index is 4.15. The lowest BCUT2D eigenvalue weighted by atomic mass is 10.1. The number of nitrogens with zero attached hydrogens (tertiary/aromatic N) is 3. The molecule has 0 aromatic carbocycles. The SMILES string of the molecule is CCCc1c(C(C)C)nnn1C. The minimum atomic E-state index is 0.486. The summed E-state index contributed by atoms with van der Waals surface area (Å²) in [7, 11) is 1.96. The van der Waals surface area contributed by atoms with Crippen LogP contribution in [0.4, 0.5) is 0 Å². The summed E-state index contributed by atoms with van der Waals surface area (Å²) in [5, 5.41) is 8.17. The summed E-state index contributed by atoms with van der Waals surface area (Å²) in [5.41, 5.74) is 2.44. The highest BCUT2D eigenvalue weighted by Crippen LogP contribution is 2.16. The molecule has 0 aliphatic rings. The monoisotopic (exact) mass is 167 g/mol. The molecule has 3 nitrogen and oxygen atoms in total. The molecule has 3 heteroatoms. The summed E-state index contributed by atoms with van der Waals surface area (Å²) in [4.78, 5) is 0. The lowest BCUT2D eigenvalue weighted by molar-refractivity contribution is 0.668. The fraction of sp³-hybridized carbons (Fsp3) is 0.778. The number of aryl methyl sites for hydroxylation is 1. The lowest BCUT2D eigenvalue weighted by Crippen LogP contribution is -2.01. The van der Waals surface area contributed by atoms with Crippen LogP contribution in [-0.2, 0) is 13.5 Å². The highest BCUT2D eigenvalue weighted by Gasteiger charge is 2.11. The van der Waals surface area contributed by atoms with Gasteiger partial charge in [0.15, 0.2) is 0 Å². The first-order chi connectivity index (χ1) is 5.66. The van der Waals surface area contributed by atoms with Crippen molar-refractivity contribution in [2.24, 2.45) is 7.05 Å². The average molecular weight is 167 g/mol. The molecule has 0 N–H and O–H groups in total. The van der Waals surface area contributed by atoms with Crippen LogP contribution < -0.4 is 0 Å². The molecule has 1 aromatic rings. The van der Waals surface area contributed by atoms with E-state index in [0.29, 0.717) is 5.92 Å². The topological polar surface area (TPSA) is 30.7 Å². The predicted molar refractivity (Wildman–Crippen MR) is 49.1 cm³/mol. The van der Waals surface area contributed by atoms with Crippen molar-refractivity contribution in [3.8, 4) is 0 Å². The molecule has 0 aliphatic heterocycles. The van der Waals surface area contributed by atoms with Crippen molar-refractivity contribution in [3.05, 3.63) is 11.4 Å². The van der Waals surface area contributed by atoms with E-state index in [4.69, 9.17) is 0 Å². The fourth-order valence-electron chi connectivity index (χ4n) is 1.37. The summed E-state index contributed by atoms with van der Waals surface area (Å²) in [5.74, 6) is 0.486. The van der Waals surface area contributed by atoms with Gasteiger partial charge in [0, 0.05) is 7.05 Å². The first kappa shape index (κ1) is 9.23. The molecule has 12 heavy (non-hydrogen) atoms. The molecule has 0 saturated carbocycles. The summed E-state index contributed by atoms with van der Waals surface area (Å²) < 4.78 is 1.89. The molecule has 0 atom stereocenters. The molecule has 0 bridgehead atoms. The fourth-order valence-corrected chi connectivity index (χ4v) is 1.37. The van der Waals surface area contributed by atoms with Gasteiger partial charge in [0.1, 0.15) is 0 Å². The Morgan fingerprint density at radius 2 is 2.08 bits per heavy atom. The Hall–Kier alpha value is -0.860. The van der Waals surface area contributed by atoms with E-state index in [1.807, 2.05) is 11.7 Å². The van der Waals surface area contributed by atoms with Crippen molar-refractivity contribution in [3.63, 3.8) is 0 Å². The molecule has 0 aliphatic carbocycles. The lowest BCUT2D eigenvalue weighted by Gasteiger charge is -2.04. The van der Waals surface area contributed by atoms with Crippen LogP contribution in [0.25, 0.3) is 0 Å². The van der Waals surface area contributed by atoms with E-state index in [1.165, 1.54) is 5.69 Å². The van der Waals surface area contributed by atoms with E-state index >= 15 is 0 Å². The van der Waals surface area contributed by atoms with Crippen molar-refractivity contribution in [2.45, 2.75) is 39.5 Å². The maximum Gasteiger partial charge on any atom is 0.0884 e. The number of aromatic nitrogens is 3. The van der Waals surface area contributed by atoms with Gasteiger partial charge in [0.2, 0.25) is 0 Å². The van der Waals surface area contributed by atoms with Gasteiger partial charge >= 0.3 is 0 Å². The summed E-state index contributed by atoms with van der Waals surface area (Å²) in [6.45, 7) is 6.49. The molecule has 0 fully saturated rings. The predicted octanol–water partition coefficient (Wildman–Crippen LogP) is 1.89. The van der Waals surface area contributed by atoms with E-state index in [2.05, 4.69) is 31.1 Å². The van der Waals surface area contributed by atoms with Crippen LogP contribution in [-0.4, -0.2) is 15.0 Å². The first-order valence-corrected chi connectivity index (χ1v) is 4.55. The minimum absolute atomic E-state index is 0.486. The second kappa shape index (κ2) is 3.70. The Bertz CT molecular complexity index is 250. The van der Waals surface area contributed by atoms with Gasteiger partial charge < -0.3 is 0 Å². The van der Waals surface area contributed by atoms with Gasteiger partial charge in [-0.3, -0.25) is 4.68 Å². The van der Waals surface area contributed by atoms with Gasteiger partial charge in [-0.1, -0.05) is 32.4 Å². The number of hydrogen-bond donors (Lipinski definition) is 0. The van der Waals surface area contributed by atoms with Gasteiger partial charge in [0.05, 0.1) is 11.4 Å². The van der Waals surface area contributed by atoms with E-state index in [-0.39, 0.29) is 0 Å². The van der Waals surface area contributed by atoms with Crippen molar-refractivity contribution in [2.75, 3.05) is 0 Å². The third-order valence-corrected chi connectivity index (χ3v) is 2.01. The Kier molecular flexibility index (Phi) is 2.84. The Labute approximate surface area is 73.8 Å². The molecule has 1 aromatic heterocycles. The molecular weight excluding hydrogens is 150 g/mol. The van der Waals surface area contributed by atoms with Gasteiger partial charge in [-0.25, -0.2) is 0 Å². The largest absolute Gasteiger partial charge is 0.252 e. The Balaban J connectivity index is 2.95. The van der Waals surface area contributed by atoms with Crippen molar-refractivity contribution >= 4 is 0 Å². The molecule has 68 valence electrons. The normalized spacial score (nSPS) is 11.1. The Morgan fingerprint density at radius 3 is 2.58 bits per heavy atom. The average Bonchev–Trinajstić information content (AvgIpc) is 2.34. The minimum Gasteiger partial charge on any atom is -0.252 e. The van der Waals surface area contributed by atoms with Crippen LogP contribution in [0.3, 0.4) is 0 Å². The van der Waals surface area contributed by atoms with E-state index in [9.17, 15) is 0 Å². The summed E-state index contributed by atoms with van der Waals surface area (Å²) in [6.07, 6.45) is 2.23. The van der Waals surface area contributed by atoms with Gasteiger partial charge in [-0.05, 0) is 12.3 Å². The zero-order valence-corrected chi connectivity index (χ0v) is 8.33. The first-order valence-electron chi connectivity index (χ1n) is 4.55. The highest BCUT2D eigenvalue weighted by molar-refractivity contribution is 5.13. The van der Waals surface area contributed by atoms with Gasteiger partial charge in [-0.2, -0.15) is 0 Å². The number of rotatable bonds is 3. The van der Waals surface area contributed by atoms with Gasteiger partial charge in [0.25, 0.3) is 0 Å². The van der Waals surface area contributed by atoms with Crippen LogP contribution in [0.15, 0.2) is 0 Å². The molecule has 0 amide bonds. The van der Waals surface area contributed by atoms with E-state index in [1.54, 1.807) is 0 Å². The molecule has 0 radical (unpaired) electrons. The summed E-state index contributed by atoms with van der Waals surface area (Å²) >= 11 is 0. The van der Waals surface area contributed by atoms with Crippen LogP contribution in [0.2, 0.25) is 0 Å². The molecule has 0 saturated heterocycles. The van der Waals surface area contributed by atoms with E-state index in [0.717, 1.165) is 18.5 Å². The molecule has 0 unspecified atom stereocenters. The van der Waals surface area contributed by atoms with Gasteiger partial charge in [-0.15, -0.1) is 5.10 Å². The second-order valence-corrected chi connectivity index (χ2v) is 3.45. The number of hydrogen-bond acceptors (Lipinski definition) is 2. The summed E-state index contributed by atoms with van der Waals surface area (Å²) in [6, 6.07) is 0. The molecule has 1 rings (SSSR count). The zero-order valence-electron chi connectivity index (χ0n) is 8.33. The maximum absolute atomic E-state index is 4.15. The Morgan fingerprint density at radius 1 is 1.42 bits per heavy atom. The van der Waals surface area contributed by atoms with Crippen molar-refractivity contribution < 1.29 is 0 Å². The zero-order chi connectivity index (χ0) is 9.14. The van der Waals surface area contributed by atoms with Crippen molar-refractivity contribution in [1.82, 2.24) is 15.0 Å². The van der Waals surface area contributed by atoms with Crippen LogP contribution in [0, 0.1) is 0 Å². The quantitative estimate of drug-likeness (QED) is 0.688. The van der Waals surface area contributed by atoms with E-state index < -0.39 is 0 Å². The van der Waals surface area contributed by atoms with Crippen LogP contribution in [0.1, 0.15) is 44.5 Å².